The van der Waals surface area contributed by atoms with Crippen molar-refractivity contribution < 1.29 is 9.53 Å². The highest BCUT2D eigenvalue weighted by molar-refractivity contribution is 9.10. The van der Waals surface area contributed by atoms with Crippen LogP contribution < -0.4 is 4.74 Å². The molecule has 1 aliphatic rings. The summed E-state index contributed by atoms with van der Waals surface area (Å²) >= 11 is 5.01. The van der Waals surface area contributed by atoms with Crippen molar-refractivity contribution in [1.29, 1.82) is 0 Å². The summed E-state index contributed by atoms with van der Waals surface area (Å²) in [6.07, 6.45) is 1.91. The lowest BCUT2D eigenvalue weighted by molar-refractivity contribution is -0.122. The molecule has 1 amide bonds. The molecule has 0 aliphatic carbocycles. The Morgan fingerprint density at radius 3 is 2.14 bits per heavy atom. The molecule has 4 aromatic carbocycles. The van der Waals surface area contributed by atoms with E-state index in [2.05, 4.69) is 15.9 Å². The van der Waals surface area contributed by atoms with Crippen LogP contribution in [0.1, 0.15) is 16.7 Å². The fourth-order valence-electron chi connectivity index (χ4n) is 3.72. The Bertz CT molecular complexity index is 1410. The first-order chi connectivity index (χ1) is 17.7. The van der Waals surface area contributed by atoms with Crippen LogP contribution in [0.3, 0.4) is 0 Å². The molecular weight excluding hydrogens is 532 g/mol. The third-order valence-electron chi connectivity index (χ3n) is 5.54. The minimum Gasteiger partial charge on any atom is -0.488 e. The summed E-state index contributed by atoms with van der Waals surface area (Å²) in [5.41, 5.74) is 3.88. The number of nitrogens with zero attached hydrogens (tertiary/aromatic N) is 2. The molecule has 0 unspecified atom stereocenters. The monoisotopic (exact) mass is 554 g/mol. The van der Waals surface area contributed by atoms with E-state index in [1.807, 2.05) is 115 Å². The average molecular weight is 555 g/mol. The van der Waals surface area contributed by atoms with E-state index in [1.165, 1.54) is 11.8 Å². The third kappa shape index (κ3) is 5.96. The number of amides is 1. The van der Waals surface area contributed by atoms with Crippen LogP contribution in [-0.2, 0) is 17.9 Å². The van der Waals surface area contributed by atoms with Crippen molar-refractivity contribution in [3.8, 4) is 5.75 Å². The maximum atomic E-state index is 13.4. The van der Waals surface area contributed by atoms with E-state index in [4.69, 9.17) is 9.73 Å². The van der Waals surface area contributed by atoms with Crippen LogP contribution in [0.25, 0.3) is 6.08 Å². The van der Waals surface area contributed by atoms with Gasteiger partial charge in [-0.2, -0.15) is 0 Å². The average Bonchev–Trinajstić information content (AvgIpc) is 3.19. The van der Waals surface area contributed by atoms with Crippen LogP contribution in [-0.4, -0.2) is 16.0 Å². The van der Waals surface area contributed by atoms with Crippen LogP contribution >= 0.6 is 27.7 Å². The van der Waals surface area contributed by atoms with Crippen molar-refractivity contribution in [2.45, 2.75) is 13.2 Å². The molecular formula is C30H23BrN2O2S. The zero-order valence-corrected chi connectivity index (χ0v) is 21.8. The minimum atomic E-state index is -0.0564. The molecule has 1 saturated heterocycles. The number of aliphatic imine (C=N–C) groups is 1. The fourth-order valence-corrected chi connectivity index (χ4v) is 5.23. The second kappa shape index (κ2) is 11.4. The van der Waals surface area contributed by atoms with Crippen molar-refractivity contribution in [3.63, 3.8) is 0 Å². The van der Waals surface area contributed by atoms with Crippen molar-refractivity contribution in [1.82, 2.24) is 4.90 Å². The van der Waals surface area contributed by atoms with Crippen LogP contribution in [0.2, 0.25) is 0 Å². The van der Waals surface area contributed by atoms with E-state index in [1.54, 1.807) is 4.90 Å². The van der Waals surface area contributed by atoms with E-state index < -0.39 is 0 Å². The summed E-state index contributed by atoms with van der Waals surface area (Å²) in [6, 6.07) is 35.6. The number of hydrogen-bond acceptors (Lipinski definition) is 4. The quantitative estimate of drug-likeness (QED) is 0.218. The lowest BCUT2D eigenvalue weighted by Gasteiger charge is -2.15. The molecule has 36 heavy (non-hydrogen) atoms. The molecule has 4 nitrogen and oxygen atoms in total. The largest absolute Gasteiger partial charge is 0.488 e. The van der Waals surface area contributed by atoms with E-state index in [9.17, 15) is 4.79 Å². The van der Waals surface area contributed by atoms with Gasteiger partial charge < -0.3 is 4.74 Å². The Labute approximate surface area is 223 Å². The number of carbonyl (C=O) groups excluding carboxylic acids is 1. The summed E-state index contributed by atoms with van der Waals surface area (Å²) in [5, 5.41) is 0.670. The van der Waals surface area contributed by atoms with Gasteiger partial charge in [-0.1, -0.05) is 84.9 Å². The topological polar surface area (TPSA) is 41.9 Å². The van der Waals surface area contributed by atoms with Gasteiger partial charge in [-0.05, 0) is 74.7 Å². The van der Waals surface area contributed by atoms with Crippen LogP contribution in [0, 0.1) is 0 Å². The normalized spacial score (nSPS) is 15.6. The summed E-state index contributed by atoms with van der Waals surface area (Å²) in [7, 11) is 0. The first kappa shape index (κ1) is 24.1. The number of amidine groups is 1. The Morgan fingerprint density at radius 1 is 0.833 bits per heavy atom. The Balaban J connectivity index is 1.38. The summed E-state index contributed by atoms with van der Waals surface area (Å²) in [5.74, 6) is 0.697. The van der Waals surface area contributed by atoms with Gasteiger partial charge in [0.15, 0.2) is 5.17 Å². The smallest absolute Gasteiger partial charge is 0.267 e. The molecule has 178 valence electrons. The molecule has 0 N–H and O–H groups in total. The van der Waals surface area contributed by atoms with Gasteiger partial charge in [-0.3, -0.25) is 9.69 Å². The fraction of sp³-hybridized carbons (Fsp3) is 0.0667. The number of hydrogen-bond donors (Lipinski definition) is 0. The summed E-state index contributed by atoms with van der Waals surface area (Å²) in [6.45, 7) is 0.952. The molecule has 6 heteroatoms. The summed E-state index contributed by atoms with van der Waals surface area (Å²) in [4.78, 5) is 20.6. The number of thioether (sulfide) groups is 1. The Morgan fingerprint density at radius 2 is 1.47 bits per heavy atom. The standard InChI is InChI=1S/C30H23BrN2O2S/c31-26-18-24(16-17-27(26)35-21-23-12-6-2-7-13-23)19-28-29(34)33(20-22-10-4-1-5-11-22)30(36-28)32-25-14-8-3-9-15-25/h1-19H,20-21H2/b28-19-,32-30?. The molecule has 1 aliphatic heterocycles. The van der Waals surface area contributed by atoms with Crippen LogP contribution in [0.5, 0.6) is 5.75 Å². The van der Waals surface area contributed by atoms with Gasteiger partial charge in [0.25, 0.3) is 5.91 Å². The second-order valence-corrected chi connectivity index (χ2v) is 10.0. The highest BCUT2D eigenvalue weighted by Crippen LogP contribution is 2.36. The zero-order chi connectivity index (χ0) is 24.7. The molecule has 1 heterocycles. The molecule has 5 rings (SSSR count). The number of ether oxygens (including phenoxy) is 1. The Hall–Kier alpha value is -3.61. The molecule has 0 aromatic heterocycles. The van der Waals surface area contributed by atoms with Gasteiger partial charge in [0, 0.05) is 0 Å². The lowest BCUT2D eigenvalue weighted by Crippen LogP contribution is -2.28. The zero-order valence-electron chi connectivity index (χ0n) is 19.4. The number of halogens is 1. The van der Waals surface area contributed by atoms with E-state index in [0.717, 1.165) is 32.6 Å². The van der Waals surface area contributed by atoms with E-state index in [0.29, 0.717) is 23.2 Å². The number of benzene rings is 4. The first-order valence-electron chi connectivity index (χ1n) is 11.5. The molecule has 0 saturated carbocycles. The molecule has 1 fully saturated rings. The number of rotatable bonds is 7. The lowest BCUT2D eigenvalue weighted by atomic mass is 10.2. The van der Waals surface area contributed by atoms with Gasteiger partial charge in [-0.25, -0.2) is 4.99 Å². The van der Waals surface area contributed by atoms with E-state index in [-0.39, 0.29) is 5.91 Å². The predicted octanol–water partition coefficient (Wildman–Crippen LogP) is 7.83. The van der Waals surface area contributed by atoms with Crippen LogP contribution in [0.15, 0.2) is 124 Å². The van der Waals surface area contributed by atoms with Gasteiger partial charge >= 0.3 is 0 Å². The molecule has 0 spiro atoms. The molecule has 0 radical (unpaired) electrons. The van der Waals surface area contributed by atoms with Crippen molar-refractivity contribution >= 4 is 50.5 Å². The first-order valence-corrected chi connectivity index (χ1v) is 13.1. The molecule has 0 atom stereocenters. The van der Waals surface area contributed by atoms with E-state index >= 15 is 0 Å². The number of carbonyl (C=O) groups is 1. The van der Waals surface area contributed by atoms with Crippen molar-refractivity contribution in [2.75, 3.05) is 0 Å². The Kier molecular flexibility index (Phi) is 7.64. The van der Waals surface area contributed by atoms with Crippen molar-refractivity contribution in [3.05, 3.63) is 135 Å². The number of para-hydroxylation sites is 1. The van der Waals surface area contributed by atoms with Gasteiger partial charge in [-0.15, -0.1) is 0 Å². The van der Waals surface area contributed by atoms with Crippen molar-refractivity contribution in [2.24, 2.45) is 4.99 Å². The van der Waals surface area contributed by atoms with Gasteiger partial charge in [0.05, 0.1) is 21.6 Å². The van der Waals surface area contributed by atoms with Crippen LogP contribution in [0.4, 0.5) is 5.69 Å². The molecule has 4 aromatic rings. The maximum Gasteiger partial charge on any atom is 0.267 e. The molecule has 0 bridgehead atoms. The second-order valence-electron chi connectivity index (χ2n) is 8.18. The maximum absolute atomic E-state index is 13.4. The highest BCUT2D eigenvalue weighted by Gasteiger charge is 2.33. The highest BCUT2D eigenvalue weighted by atomic mass is 79.9. The van der Waals surface area contributed by atoms with Gasteiger partial charge in [0.2, 0.25) is 0 Å². The summed E-state index contributed by atoms with van der Waals surface area (Å²) < 4.78 is 6.80. The predicted molar refractivity (Wildman–Crippen MR) is 151 cm³/mol. The van der Waals surface area contributed by atoms with Gasteiger partial charge in [0.1, 0.15) is 12.4 Å². The minimum absolute atomic E-state index is 0.0564. The third-order valence-corrected chi connectivity index (χ3v) is 7.17. The SMILES string of the molecule is O=C1/C(=C/c2ccc(OCc3ccccc3)c(Br)c2)SC(=Nc2ccccc2)N1Cc1ccccc1.